The highest BCUT2D eigenvalue weighted by molar-refractivity contribution is 6.33. The van der Waals surface area contributed by atoms with Crippen molar-refractivity contribution in [3.05, 3.63) is 52.2 Å². The molecule has 0 saturated carbocycles. The van der Waals surface area contributed by atoms with Crippen LogP contribution in [0.1, 0.15) is 6.42 Å². The highest BCUT2D eigenvalue weighted by atomic mass is 35.5. The van der Waals surface area contributed by atoms with Gasteiger partial charge in [0.1, 0.15) is 11.9 Å². The molecule has 14 heteroatoms. The maximum absolute atomic E-state index is 13.7. The van der Waals surface area contributed by atoms with Crippen LogP contribution in [0.25, 0.3) is 5.82 Å². The van der Waals surface area contributed by atoms with Crippen molar-refractivity contribution in [1.29, 1.82) is 5.41 Å². The van der Waals surface area contributed by atoms with Crippen LogP contribution in [-0.4, -0.2) is 59.3 Å². The van der Waals surface area contributed by atoms with Crippen LogP contribution < -0.4 is 21.3 Å². The molecule has 0 radical (unpaired) electrons. The van der Waals surface area contributed by atoms with Crippen molar-refractivity contribution in [3.63, 3.8) is 0 Å². The van der Waals surface area contributed by atoms with Crippen molar-refractivity contribution in [3.8, 4) is 0 Å². The van der Waals surface area contributed by atoms with Crippen LogP contribution in [0.2, 0.25) is 0 Å². The summed E-state index contributed by atoms with van der Waals surface area (Å²) in [5, 5.41) is 25.7. The molecule has 0 bridgehead atoms. The van der Waals surface area contributed by atoms with Gasteiger partial charge in [-0.25, -0.2) is 0 Å². The smallest absolute Gasteiger partial charge is 0.362 e. The number of halogens is 4. The fourth-order valence-corrected chi connectivity index (χ4v) is 3.09. The molecule has 1 atom stereocenters. The topological polar surface area (TPSA) is 132 Å². The van der Waals surface area contributed by atoms with Gasteiger partial charge in [0.2, 0.25) is 0 Å². The average Bonchev–Trinajstić information content (AvgIpc) is 3.28. The van der Waals surface area contributed by atoms with Crippen molar-refractivity contribution in [1.82, 2.24) is 36.3 Å². The third-order valence-electron chi connectivity index (χ3n) is 4.37. The number of aromatic nitrogens is 3. The van der Waals surface area contributed by atoms with Crippen molar-refractivity contribution >= 4 is 35.8 Å². The molecule has 1 amide bonds. The predicted octanol–water partition coefficient (Wildman–Crippen LogP) is 1.21. The summed E-state index contributed by atoms with van der Waals surface area (Å²) in [4.78, 5) is 17.9. The molecule has 0 aromatic carbocycles. The monoisotopic (exact) mass is 469 g/mol. The van der Waals surface area contributed by atoms with Gasteiger partial charge in [-0.1, -0.05) is 17.7 Å². The molecule has 170 valence electrons. The lowest BCUT2D eigenvalue weighted by molar-refractivity contribution is -0.118. The third kappa shape index (κ3) is 5.42. The first kappa shape index (κ1) is 23.2. The normalized spacial score (nSPS) is 19.5. The Kier molecular flexibility index (Phi) is 7.10. The highest BCUT2D eigenvalue weighted by Gasteiger charge is 2.38. The van der Waals surface area contributed by atoms with E-state index in [1.165, 1.54) is 35.6 Å². The van der Waals surface area contributed by atoms with Gasteiger partial charge in [0, 0.05) is 24.5 Å². The third-order valence-corrected chi connectivity index (χ3v) is 4.65. The van der Waals surface area contributed by atoms with Crippen molar-refractivity contribution in [2.45, 2.75) is 18.8 Å². The number of amides is 1. The van der Waals surface area contributed by atoms with Crippen molar-refractivity contribution in [2.75, 3.05) is 13.6 Å². The van der Waals surface area contributed by atoms with E-state index in [0.29, 0.717) is 18.5 Å². The average molecular weight is 470 g/mol. The predicted molar refractivity (Wildman–Crippen MR) is 112 cm³/mol. The number of rotatable bonds is 7. The molecule has 3 rings (SSSR count). The van der Waals surface area contributed by atoms with Crippen LogP contribution in [0.15, 0.2) is 57.2 Å². The van der Waals surface area contributed by atoms with Crippen LogP contribution in [-0.2, 0) is 4.79 Å². The number of hydrogen-bond acceptors (Lipinski definition) is 8. The van der Waals surface area contributed by atoms with Crippen LogP contribution >= 0.6 is 11.6 Å². The van der Waals surface area contributed by atoms with E-state index < -0.39 is 23.4 Å². The molecule has 1 aromatic heterocycles. The Morgan fingerprint density at radius 3 is 2.59 bits per heavy atom. The van der Waals surface area contributed by atoms with Gasteiger partial charge in [-0.05, 0) is 13.1 Å². The van der Waals surface area contributed by atoms with Gasteiger partial charge in [0.05, 0.1) is 35.2 Å². The zero-order chi connectivity index (χ0) is 23.3. The summed E-state index contributed by atoms with van der Waals surface area (Å²) in [5.41, 5.74) is -2.01. The lowest BCUT2D eigenvalue weighted by atomic mass is 10.1. The Morgan fingerprint density at radius 1 is 1.34 bits per heavy atom. The molecule has 0 aliphatic carbocycles. The molecular weight excluding hydrogens is 451 g/mol. The maximum atomic E-state index is 13.7. The first-order valence-electron chi connectivity index (χ1n) is 9.24. The summed E-state index contributed by atoms with van der Waals surface area (Å²) >= 11 is 6.17. The maximum Gasteiger partial charge on any atom is 0.432 e. The van der Waals surface area contributed by atoms with E-state index in [1.54, 1.807) is 7.05 Å². The molecular formula is C18H19ClF3N9O. The van der Waals surface area contributed by atoms with E-state index in [0.717, 1.165) is 0 Å². The standard InChI is InChI=1S/C18H19ClF3N9O/c1-24-14-3-2-10(8-25-14)29-15(18(20,21)22)12(7-23)17(32)30-11-6-13(19)16(26-9-11)31-27-4-5-28-31/h2,4-8,14,23-24,26,29H,3,9H2,1H3,(H,30,32)/b15-12+,23-7?. The summed E-state index contributed by atoms with van der Waals surface area (Å²) in [7, 11) is 1.68. The number of allylic oxidation sites excluding steroid dienone is 4. The van der Waals surface area contributed by atoms with Crippen LogP contribution in [0.4, 0.5) is 13.2 Å². The minimum Gasteiger partial charge on any atom is -0.362 e. The second-order valence-electron chi connectivity index (χ2n) is 6.53. The second-order valence-corrected chi connectivity index (χ2v) is 6.93. The van der Waals surface area contributed by atoms with Gasteiger partial charge in [-0.2, -0.15) is 23.4 Å². The van der Waals surface area contributed by atoms with Crippen molar-refractivity contribution < 1.29 is 18.0 Å². The summed E-state index contributed by atoms with van der Waals surface area (Å²) < 4.78 is 41.1. The zero-order valence-corrected chi connectivity index (χ0v) is 17.4. The van der Waals surface area contributed by atoms with Gasteiger partial charge in [0.25, 0.3) is 5.91 Å². The Bertz CT molecular complexity index is 1040. The fourth-order valence-electron chi connectivity index (χ4n) is 2.81. The molecule has 5 N–H and O–H groups in total. The van der Waals surface area contributed by atoms with E-state index in [1.807, 2.05) is 0 Å². The van der Waals surface area contributed by atoms with Gasteiger partial charge < -0.3 is 21.4 Å². The van der Waals surface area contributed by atoms with Crippen molar-refractivity contribution in [2.24, 2.45) is 4.99 Å². The van der Waals surface area contributed by atoms with Crippen LogP contribution in [0.3, 0.4) is 0 Å². The molecule has 0 fully saturated rings. The van der Waals surface area contributed by atoms with Crippen LogP contribution in [0, 0.1) is 5.41 Å². The van der Waals surface area contributed by atoms with Gasteiger partial charge in [-0.3, -0.25) is 15.1 Å². The second kappa shape index (κ2) is 9.78. The highest BCUT2D eigenvalue weighted by Crippen LogP contribution is 2.27. The molecule has 32 heavy (non-hydrogen) atoms. The molecule has 3 heterocycles. The quantitative estimate of drug-likeness (QED) is 0.301. The summed E-state index contributed by atoms with van der Waals surface area (Å²) in [6.07, 6.45) is 2.55. The Morgan fingerprint density at radius 2 is 2.06 bits per heavy atom. The summed E-state index contributed by atoms with van der Waals surface area (Å²) in [5.74, 6) is -0.780. The number of alkyl halides is 3. The molecule has 1 aromatic rings. The lowest BCUT2D eigenvalue weighted by Gasteiger charge is -2.22. The molecule has 10 nitrogen and oxygen atoms in total. The molecule has 2 aliphatic heterocycles. The van der Waals surface area contributed by atoms with Gasteiger partial charge in [0.15, 0.2) is 5.82 Å². The largest absolute Gasteiger partial charge is 0.432 e. The van der Waals surface area contributed by atoms with E-state index in [-0.39, 0.29) is 29.1 Å². The first-order chi connectivity index (χ1) is 15.2. The lowest BCUT2D eigenvalue weighted by Crippen LogP contribution is -2.38. The fraction of sp³-hybridized carbons (Fsp3) is 0.278. The SMILES string of the molecule is CNC1CC=C(N/C(=C(\C=N)C(=O)NC2=CC(Cl)=C(n3nccn3)NC2)C(F)(F)F)C=N1. The Balaban J connectivity index is 1.83. The van der Waals surface area contributed by atoms with Gasteiger partial charge in [-0.15, -0.1) is 4.80 Å². The number of carbonyl (C=O) groups excluding carboxylic acids is 1. The summed E-state index contributed by atoms with van der Waals surface area (Å²) in [6.45, 7) is 0.0438. The first-order valence-corrected chi connectivity index (χ1v) is 9.62. The zero-order valence-electron chi connectivity index (χ0n) is 16.7. The number of nitrogens with zero attached hydrogens (tertiary/aromatic N) is 4. The van der Waals surface area contributed by atoms with Crippen LogP contribution in [0.5, 0.6) is 0 Å². The number of aliphatic imine (C=N–C) groups is 1. The van der Waals surface area contributed by atoms with Gasteiger partial charge >= 0.3 is 6.18 Å². The van der Waals surface area contributed by atoms with E-state index in [9.17, 15) is 18.0 Å². The molecule has 0 spiro atoms. The number of dihydropyridines is 2. The minimum absolute atomic E-state index is 0.0438. The van der Waals surface area contributed by atoms with E-state index in [2.05, 4.69) is 36.5 Å². The number of nitrogens with one attached hydrogen (secondary N) is 5. The Hall–Kier alpha value is -3.45. The molecule has 2 aliphatic rings. The molecule has 0 saturated heterocycles. The number of carbonyl (C=O) groups is 1. The number of hydrogen-bond donors (Lipinski definition) is 5. The van der Waals surface area contributed by atoms with E-state index >= 15 is 0 Å². The minimum atomic E-state index is -4.92. The Labute approximate surface area is 185 Å². The summed E-state index contributed by atoms with van der Waals surface area (Å²) in [6, 6.07) is 0. The molecule has 1 unspecified atom stereocenters. The van der Waals surface area contributed by atoms with E-state index in [4.69, 9.17) is 17.0 Å².